The first-order valence-corrected chi connectivity index (χ1v) is 12.2. The number of anilines is 1. The van der Waals surface area contributed by atoms with Crippen LogP contribution in [0, 0.1) is 10.1 Å². The molecule has 0 saturated carbocycles. The van der Waals surface area contributed by atoms with Gasteiger partial charge in [-0.3, -0.25) is 15.5 Å². The van der Waals surface area contributed by atoms with Crippen LogP contribution in [0.1, 0.15) is 23.6 Å². The minimum Gasteiger partial charge on any atom is -0.490 e. The molecule has 0 atom stereocenters. The highest BCUT2D eigenvalue weighted by molar-refractivity contribution is 9.10. The lowest BCUT2D eigenvalue weighted by Crippen LogP contribution is -2.06. The minimum absolute atomic E-state index is 0.182. The Labute approximate surface area is 224 Å². The highest BCUT2D eigenvalue weighted by Crippen LogP contribution is 2.38. The van der Waals surface area contributed by atoms with Crippen LogP contribution in [0.3, 0.4) is 0 Å². The third kappa shape index (κ3) is 6.23. The molecule has 196 valence electrons. The molecule has 11 heteroatoms. The largest absolute Gasteiger partial charge is 0.490 e. The van der Waals surface area contributed by atoms with E-state index in [-0.39, 0.29) is 5.69 Å². The van der Waals surface area contributed by atoms with Crippen molar-refractivity contribution in [1.82, 2.24) is 0 Å². The van der Waals surface area contributed by atoms with Crippen LogP contribution in [0.4, 0.5) is 24.5 Å². The molecule has 0 aliphatic carbocycles. The number of fused-ring (bicyclic) bond motifs is 1. The van der Waals surface area contributed by atoms with Crippen LogP contribution < -0.4 is 14.9 Å². The first-order valence-electron chi connectivity index (χ1n) is 11.4. The summed E-state index contributed by atoms with van der Waals surface area (Å²) in [5.74, 6) is 0.937. The second-order valence-corrected chi connectivity index (χ2v) is 8.90. The molecule has 4 aromatic carbocycles. The third-order valence-corrected chi connectivity index (χ3v) is 6.09. The summed E-state index contributed by atoms with van der Waals surface area (Å²) < 4.78 is 51.3. The summed E-state index contributed by atoms with van der Waals surface area (Å²) in [6.45, 7) is 2.49. The van der Waals surface area contributed by atoms with E-state index in [1.54, 1.807) is 12.1 Å². The number of benzene rings is 4. The second kappa shape index (κ2) is 11.5. The van der Waals surface area contributed by atoms with Gasteiger partial charge in [0.25, 0.3) is 5.69 Å². The summed E-state index contributed by atoms with van der Waals surface area (Å²) >= 11 is 3.50. The Morgan fingerprint density at radius 3 is 2.55 bits per heavy atom. The number of alkyl halides is 3. The van der Waals surface area contributed by atoms with Crippen molar-refractivity contribution in [2.24, 2.45) is 5.10 Å². The number of rotatable bonds is 9. The second-order valence-electron chi connectivity index (χ2n) is 8.05. The number of nitro benzene ring substituents is 1. The first kappa shape index (κ1) is 26.9. The van der Waals surface area contributed by atoms with Gasteiger partial charge in [-0.2, -0.15) is 18.3 Å². The molecule has 38 heavy (non-hydrogen) atoms. The smallest absolute Gasteiger partial charge is 0.416 e. The lowest BCUT2D eigenvalue weighted by molar-refractivity contribution is -0.384. The topological polar surface area (TPSA) is 86.0 Å². The van der Waals surface area contributed by atoms with Gasteiger partial charge < -0.3 is 9.47 Å². The summed E-state index contributed by atoms with van der Waals surface area (Å²) in [5.41, 5.74) is 1.96. The van der Waals surface area contributed by atoms with E-state index in [2.05, 4.69) is 26.5 Å². The number of halogens is 4. The van der Waals surface area contributed by atoms with Crippen LogP contribution >= 0.6 is 15.9 Å². The number of nitrogens with one attached hydrogen (secondary N) is 1. The molecule has 0 saturated heterocycles. The Kier molecular flexibility index (Phi) is 8.16. The van der Waals surface area contributed by atoms with Crippen molar-refractivity contribution in [3.8, 4) is 11.5 Å². The fraction of sp³-hybridized carbons (Fsp3) is 0.148. The van der Waals surface area contributed by atoms with Gasteiger partial charge in [0.2, 0.25) is 0 Å². The molecule has 1 N–H and O–H groups in total. The predicted molar refractivity (Wildman–Crippen MR) is 143 cm³/mol. The van der Waals surface area contributed by atoms with Gasteiger partial charge in [0, 0.05) is 6.07 Å². The number of nitrogens with zero attached hydrogens (tertiary/aromatic N) is 2. The molecule has 0 heterocycles. The summed E-state index contributed by atoms with van der Waals surface area (Å²) in [7, 11) is 0. The molecule has 0 aromatic heterocycles. The van der Waals surface area contributed by atoms with Crippen molar-refractivity contribution < 1.29 is 27.6 Å². The highest BCUT2D eigenvalue weighted by Gasteiger charge is 2.33. The van der Waals surface area contributed by atoms with Gasteiger partial charge in [-0.05, 0) is 69.0 Å². The highest BCUT2D eigenvalue weighted by atomic mass is 79.9. The van der Waals surface area contributed by atoms with Gasteiger partial charge in [0.15, 0.2) is 11.5 Å². The maximum absolute atomic E-state index is 12.9. The van der Waals surface area contributed by atoms with E-state index < -0.39 is 22.4 Å². The maximum Gasteiger partial charge on any atom is 0.416 e. The molecule has 0 amide bonds. The van der Waals surface area contributed by atoms with Crippen LogP contribution in [0.2, 0.25) is 0 Å². The van der Waals surface area contributed by atoms with Gasteiger partial charge in [0.05, 0.1) is 27.8 Å². The Hall–Kier alpha value is -4.12. The van der Waals surface area contributed by atoms with E-state index in [4.69, 9.17) is 9.47 Å². The van der Waals surface area contributed by atoms with Crippen molar-refractivity contribution in [2.45, 2.75) is 19.7 Å². The minimum atomic E-state index is -4.70. The molecular formula is C27H21BrF3N3O4. The van der Waals surface area contributed by atoms with Crippen LogP contribution in [-0.4, -0.2) is 17.7 Å². The summed E-state index contributed by atoms with van der Waals surface area (Å²) in [6.07, 6.45) is -3.34. The van der Waals surface area contributed by atoms with Crippen LogP contribution in [0.25, 0.3) is 10.8 Å². The van der Waals surface area contributed by atoms with Crippen molar-refractivity contribution in [2.75, 3.05) is 12.0 Å². The van der Waals surface area contributed by atoms with E-state index in [0.717, 1.165) is 28.5 Å². The van der Waals surface area contributed by atoms with E-state index in [1.807, 2.05) is 49.4 Å². The average Bonchev–Trinajstić information content (AvgIpc) is 2.88. The Morgan fingerprint density at radius 2 is 1.82 bits per heavy atom. The number of hydrogen-bond acceptors (Lipinski definition) is 6. The first-order chi connectivity index (χ1) is 18.2. The van der Waals surface area contributed by atoms with Crippen molar-refractivity contribution in [1.29, 1.82) is 0 Å². The summed E-state index contributed by atoms with van der Waals surface area (Å²) in [4.78, 5) is 10.4. The molecule has 0 aliphatic rings. The van der Waals surface area contributed by atoms with Gasteiger partial charge in [-0.1, -0.05) is 42.5 Å². The maximum atomic E-state index is 12.9. The SMILES string of the molecule is CCOc1cc(/C=N\Nc2ccc(C(F)(F)F)cc2[N+](=O)[O-])cc(Br)c1OCc1cccc2ccccc12. The molecule has 7 nitrogen and oxygen atoms in total. The zero-order chi connectivity index (χ0) is 27.3. The van der Waals surface area contributed by atoms with Crippen molar-refractivity contribution in [3.63, 3.8) is 0 Å². The zero-order valence-corrected chi connectivity index (χ0v) is 21.5. The molecule has 0 radical (unpaired) electrons. The molecule has 0 bridgehead atoms. The molecule has 4 rings (SSSR count). The van der Waals surface area contributed by atoms with Gasteiger partial charge in [0.1, 0.15) is 12.3 Å². The lowest BCUT2D eigenvalue weighted by atomic mass is 10.1. The van der Waals surface area contributed by atoms with E-state index in [9.17, 15) is 23.3 Å². The predicted octanol–water partition coefficient (Wildman–Crippen LogP) is 7.95. The summed E-state index contributed by atoms with van der Waals surface area (Å²) in [5, 5.41) is 17.4. The zero-order valence-electron chi connectivity index (χ0n) is 20.0. The molecule has 0 fully saturated rings. The van der Waals surface area contributed by atoms with Crippen LogP contribution in [-0.2, 0) is 12.8 Å². The quantitative estimate of drug-likeness (QED) is 0.122. The molecule has 0 aliphatic heterocycles. The molecular weight excluding hydrogens is 567 g/mol. The fourth-order valence-electron chi connectivity index (χ4n) is 3.76. The van der Waals surface area contributed by atoms with E-state index >= 15 is 0 Å². The number of nitro groups is 1. The number of hydrogen-bond donors (Lipinski definition) is 1. The standard InChI is InChI=1S/C27H21BrF3N3O4/c1-2-37-25-13-17(15-32-33-23-11-10-20(27(29,30)31)14-24(23)34(35)36)12-22(28)26(25)38-16-19-8-5-7-18-6-3-4-9-21(18)19/h3-15,33H,2,16H2,1H3/b32-15-. The normalized spacial score (nSPS) is 11.6. The van der Waals surface area contributed by atoms with E-state index in [0.29, 0.717) is 40.8 Å². The lowest BCUT2D eigenvalue weighted by Gasteiger charge is -2.15. The fourth-order valence-corrected chi connectivity index (χ4v) is 4.34. The monoisotopic (exact) mass is 587 g/mol. The molecule has 4 aromatic rings. The Balaban J connectivity index is 1.55. The molecule has 0 spiro atoms. The number of ether oxygens (including phenoxy) is 2. The third-order valence-electron chi connectivity index (χ3n) is 5.50. The average molecular weight is 588 g/mol. The Morgan fingerprint density at radius 1 is 1.05 bits per heavy atom. The van der Waals surface area contributed by atoms with Gasteiger partial charge in [-0.15, -0.1) is 0 Å². The molecule has 0 unspecified atom stereocenters. The Bertz CT molecular complexity index is 1500. The van der Waals surface area contributed by atoms with Gasteiger partial charge in [-0.25, -0.2) is 0 Å². The van der Waals surface area contributed by atoms with Crippen molar-refractivity contribution in [3.05, 3.63) is 104 Å². The van der Waals surface area contributed by atoms with Crippen LogP contribution in [0.5, 0.6) is 11.5 Å². The van der Waals surface area contributed by atoms with Crippen LogP contribution in [0.15, 0.2) is 82.4 Å². The number of hydrazone groups is 1. The van der Waals surface area contributed by atoms with Gasteiger partial charge >= 0.3 is 6.18 Å². The van der Waals surface area contributed by atoms with E-state index in [1.165, 1.54) is 6.21 Å². The van der Waals surface area contributed by atoms with Crippen molar-refractivity contribution >= 4 is 44.3 Å². The summed E-state index contributed by atoms with van der Waals surface area (Å²) in [6, 6.07) is 19.5.